The Kier molecular flexibility index (Phi) is 7.00. The minimum absolute atomic E-state index is 0.0325. The van der Waals surface area contributed by atoms with Gasteiger partial charge in [0.05, 0.1) is 40.8 Å². The molecule has 13 heteroatoms. The highest BCUT2D eigenvalue weighted by molar-refractivity contribution is 6.30. The molecule has 0 bridgehead atoms. The molecule has 36 heavy (non-hydrogen) atoms. The van der Waals surface area contributed by atoms with Gasteiger partial charge in [0.25, 0.3) is 5.56 Å². The number of hydrogen-bond acceptors (Lipinski definition) is 4. The maximum Gasteiger partial charge on any atom is 0.435 e. The summed E-state index contributed by atoms with van der Waals surface area (Å²) < 4.78 is 55.7. The third-order valence-corrected chi connectivity index (χ3v) is 5.55. The Labute approximate surface area is 205 Å². The molecule has 0 aliphatic carbocycles. The van der Waals surface area contributed by atoms with Crippen LogP contribution in [-0.4, -0.2) is 32.1 Å². The molecule has 3 N–H and O–H groups in total. The van der Waals surface area contributed by atoms with Crippen LogP contribution in [0.4, 0.5) is 28.0 Å². The summed E-state index contributed by atoms with van der Waals surface area (Å²) in [7, 11) is 0. The lowest BCUT2D eigenvalue weighted by atomic mass is 10.1. The zero-order valence-corrected chi connectivity index (χ0v) is 19.1. The van der Waals surface area contributed by atoms with Crippen molar-refractivity contribution in [3.8, 4) is 5.69 Å². The Morgan fingerprint density at radius 3 is 2.58 bits per heavy atom. The number of carbonyl (C=O) groups is 1. The van der Waals surface area contributed by atoms with E-state index in [0.717, 1.165) is 22.9 Å². The fourth-order valence-electron chi connectivity index (χ4n) is 3.63. The van der Waals surface area contributed by atoms with Gasteiger partial charge in [0, 0.05) is 18.0 Å². The molecule has 0 saturated heterocycles. The van der Waals surface area contributed by atoms with Gasteiger partial charge in [-0.25, -0.2) is 13.9 Å². The summed E-state index contributed by atoms with van der Waals surface area (Å²) in [6, 6.07) is 11.0. The van der Waals surface area contributed by atoms with Crippen LogP contribution < -0.4 is 16.2 Å². The Bertz CT molecular complexity index is 1500. The number of alkyl halides is 3. The Hall–Kier alpha value is -3.90. The number of hydrogen-bond donors (Lipinski definition) is 3. The van der Waals surface area contributed by atoms with Crippen LogP contribution in [0.2, 0.25) is 5.02 Å². The summed E-state index contributed by atoms with van der Waals surface area (Å²) >= 11 is 5.77. The molecule has 0 aliphatic heterocycles. The predicted molar refractivity (Wildman–Crippen MR) is 125 cm³/mol. The van der Waals surface area contributed by atoms with Gasteiger partial charge in [0.1, 0.15) is 5.82 Å². The van der Waals surface area contributed by atoms with Gasteiger partial charge in [0.15, 0.2) is 5.69 Å². The summed E-state index contributed by atoms with van der Waals surface area (Å²) in [5, 5.41) is 18.1. The standard InChI is InChI=1S/C23H18ClF4N5O3/c24-16-10-13(4-6-17(16)25)33-14(11-20(31-33)23(26,27)28)12-29-22(36)30-18-2-1-3-19-15(18)5-7-21(35)32(19)8-9-34/h1-7,10-11,34H,8-9,12H2,(H2,29,30,36). The van der Waals surface area contributed by atoms with Gasteiger partial charge in [-0.2, -0.15) is 18.3 Å². The number of aromatic nitrogens is 3. The van der Waals surface area contributed by atoms with Crippen molar-refractivity contribution in [1.29, 1.82) is 0 Å². The zero-order valence-electron chi connectivity index (χ0n) is 18.3. The van der Waals surface area contributed by atoms with Crippen LogP contribution in [0.3, 0.4) is 0 Å². The number of anilines is 1. The van der Waals surface area contributed by atoms with Crippen LogP contribution in [0.1, 0.15) is 11.4 Å². The highest BCUT2D eigenvalue weighted by Gasteiger charge is 2.35. The molecule has 4 rings (SSSR count). The van der Waals surface area contributed by atoms with Gasteiger partial charge in [0.2, 0.25) is 0 Å². The smallest absolute Gasteiger partial charge is 0.395 e. The van der Waals surface area contributed by atoms with Crippen LogP contribution >= 0.6 is 11.6 Å². The van der Waals surface area contributed by atoms with Gasteiger partial charge >= 0.3 is 12.2 Å². The quantitative estimate of drug-likeness (QED) is 0.328. The highest BCUT2D eigenvalue weighted by Crippen LogP contribution is 2.30. The molecule has 0 radical (unpaired) electrons. The SMILES string of the molecule is O=C(NCc1cc(C(F)(F)F)nn1-c1ccc(F)c(Cl)c1)Nc1cccc2c1ccc(=O)n2CCO. The number of amides is 2. The molecule has 8 nitrogen and oxygen atoms in total. The average molecular weight is 524 g/mol. The monoisotopic (exact) mass is 523 g/mol. The third kappa shape index (κ3) is 5.19. The maximum absolute atomic E-state index is 13.5. The van der Waals surface area contributed by atoms with Gasteiger partial charge in [-0.3, -0.25) is 4.79 Å². The number of fused-ring (bicyclic) bond motifs is 1. The van der Waals surface area contributed by atoms with Crippen LogP contribution in [0.5, 0.6) is 0 Å². The molecular weight excluding hydrogens is 506 g/mol. The second-order valence-corrected chi connectivity index (χ2v) is 8.03. The van der Waals surface area contributed by atoms with E-state index >= 15 is 0 Å². The van der Waals surface area contributed by atoms with Crippen molar-refractivity contribution in [2.24, 2.45) is 0 Å². The van der Waals surface area contributed by atoms with Crippen molar-refractivity contribution >= 4 is 34.2 Å². The summed E-state index contributed by atoms with van der Waals surface area (Å²) in [4.78, 5) is 24.7. The first-order valence-corrected chi connectivity index (χ1v) is 10.9. The number of urea groups is 1. The summed E-state index contributed by atoms with van der Waals surface area (Å²) in [6.45, 7) is -0.557. The first-order valence-electron chi connectivity index (χ1n) is 10.5. The summed E-state index contributed by atoms with van der Waals surface area (Å²) in [5.74, 6) is -0.748. The lowest BCUT2D eigenvalue weighted by Crippen LogP contribution is -2.29. The molecule has 0 unspecified atom stereocenters. The average Bonchev–Trinajstić information content (AvgIpc) is 3.26. The van der Waals surface area contributed by atoms with Gasteiger partial charge in [-0.15, -0.1) is 0 Å². The first-order chi connectivity index (χ1) is 17.1. The van der Waals surface area contributed by atoms with Crippen molar-refractivity contribution in [3.05, 3.63) is 87.2 Å². The van der Waals surface area contributed by atoms with Gasteiger partial charge in [-0.05, 0) is 42.5 Å². The molecule has 0 spiro atoms. The van der Waals surface area contributed by atoms with E-state index in [9.17, 15) is 32.3 Å². The predicted octanol–water partition coefficient (Wildman–Crippen LogP) is 4.31. The van der Waals surface area contributed by atoms with E-state index in [2.05, 4.69) is 15.7 Å². The van der Waals surface area contributed by atoms with Crippen LogP contribution in [0.15, 0.2) is 59.4 Å². The highest BCUT2D eigenvalue weighted by atomic mass is 35.5. The number of nitrogens with zero attached hydrogens (tertiary/aromatic N) is 3. The van der Waals surface area contributed by atoms with Crippen molar-refractivity contribution in [3.63, 3.8) is 0 Å². The fraction of sp³-hybridized carbons (Fsp3) is 0.174. The molecule has 0 fully saturated rings. The van der Waals surface area contributed by atoms with Crippen LogP contribution in [0.25, 0.3) is 16.6 Å². The lowest BCUT2D eigenvalue weighted by Gasteiger charge is -2.14. The number of pyridine rings is 1. The van der Waals surface area contributed by atoms with E-state index in [1.165, 1.54) is 22.8 Å². The minimum atomic E-state index is -4.75. The molecule has 188 valence electrons. The van der Waals surface area contributed by atoms with Gasteiger partial charge < -0.3 is 20.3 Å². The Morgan fingerprint density at radius 1 is 1.11 bits per heavy atom. The van der Waals surface area contributed by atoms with Crippen molar-refractivity contribution < 1.29 is 27.5 Å². The van der Waals surface area contributed by atoms with E-state index in [1.54, 1.807) is 18.2 Å². The Morgan fingerprint density at radius 2 is 1.89 bits per heavy atom. The van der Waals surface area contributed by atoms with Crippen molar-refractivity contribution in [1.82, 2.24) is 19.7 Å². The first kappa shape index (κ1) is 25.2. The molecule has 0 aliphatic rings. The second-order valence-electron chi connectivity index (χ2n) is 7.62. The number of aliphatic hydroxyl groups excluding tert-OH is 1. The second kappa shape index (κ2) is 9.99. The number of benzene rings is 2. The van der Waals surface area contributed by atoms with Crippen LogP contribution in [0, 0.1) is 5.82 Å². The van der Waals surface area contributed by atoms with E-state index in [4.69, 9.17) is 11.6 Å². The minimum Gasteiger partial charge on any atom is -0.395 e. The molecule has 4 aromatic rings. The molecule has 0 saturated carbocycles. The largest absolute Gasteiger partial charge is 0.435 e. The van der Waals surface area contributed by atoms with E-state index < -0.39 is 23.7 Å². The summed E-state index contributed by atoms with van der Waals surface area (Å²) in [5.41, 5.74) is -0.661. The molecule has 2 aromatic heterocycles. The fourth-order valence-corrected chi connectivity index (χ4v) is 3.80. The maximum atomic E-state index is 13.5. The normalized spacial score (nSPS) is 11.6. The molecule has 2 amide bonds. The molecule has 0 atom stereocenters. The zero-order chi connectivity index (χ0) is 26.0. The van der Waals surface area contributed by atoms with Crippen molar-refractivity contribution in [2.75, 3.05) is 11.9 Å². The number of halogens is 5. The number of aliphatic hydroxyl groups is 1. The summed E-state index contributed by atoms with van der Waals surface area (Å²) in [6.07, 6.45) is -4.75. The number of rotatable bonds is 6. The number of nitrogens with one attached hydrogen (secondary N) is 2. The van der Waals surface area contributed by atoms with Crippen LogP contribution in [-0.2, 0) is 19.3 Å². The van der Waals surface area contributed by atoms with Gasteiger partial charge in [-0.1, -0.05) is 17.7 Å². The topological polar surface area (TPSA) is 101 Å². The third-order valence-electron chi connectivity index (χ3n) is 5.26. The molecular formula is C23H18ClF4N5O3. The van der Waals surface area contributed by atoms with Crippen molar-refractivity contribution in [2.45, 2.75) is 19.3 Å². The molecule has 2 heterocycles. The van der Waals surface area contributed by atoms with E-state index in [1.807, 2.05) is 0 Å². The van der Waals surface area contributed by atoms with E-state index in [0.29, 0.717) is 16.6 Å². The Balaban J connectivity index is 1.59. The molecule has 2 aromatic carbocycles. The number of carbonyl (C=O) groups excluding carboxylic acids is 1. The van der Waals surface area contributed by atoms with E-state index in [-0.39, 0.29) is 41.7 Å². The lowest BCUT2D eigenvalue weighted by molar-refractivity contribution is -0.141.